The first-order valence-electron chi connectivity index (χ1n) is 3.74. The number of unbranched alkanes of at least 4 members (excludes halogenated alkanes) is 1. The topological polar surface area (TPSA) is 52.6 Å². The summed E-state index contributed by atoms with van der Waals surface area (Å²) in [5, 5.41) is 0. The molecule has 0 aliphatic heterocycles. The van der Waals surface area contributed by atoms with Crippen LogP contribution < -0.4 is 0 Å². The Bertz CT molecular complexity index is 174. The Morgan fingerprint density at radius 3 is 2.58 bits per heavy atom. The molecule has 4 nitrogen and oxygen atoms in total. The molecule has 0 amide bonds. The van der Waals surface area contributed by atoms with Gasteiger partial charge in [0.1, 0.15) is 0 Å². The smallest absolute Gasteiger partial charge is 0.247 e. The summed E-state index contributed by atoms with van der Waals surface area (Å²) in [7, 11) is 0. The molecule has 0 saturated carbocycles. The number of hydrogen-bond acceptors (Lipinski definition) is 4. The highest BCUT2D eigenvalue weighted by Gasteiger charge is 2.05. The molecule has 0 fully saturated rings. The van der Waals surface area contributed by atoms with Crippen molar-refractivity contribution in [2.24, 2.45) is 0 Å². The Kier molecular flexibility index (Phi) is 5.69. The van der Waals surface area contributed by atoms with Crippen molar-refractivity contribution < 1.29 is 19.4 Å². The van der Waals surface area contributed by atoms with Crippen LogP contribution in [-0.2, 0) is 19.4 Å². The van der Waals surface area contributed by atoms with Gasteiger partial charge < -0.3 is 0 Å². The third-order valence-electron chi connectivity index (χ3n) is 1.12. The summed E-state index contributed by atoms with van der Waals surface area (Å²) in [5.74, 6) is -1.30. The van der Waals surface area contributed by atoms with E-state index in [0.29, 0.717) is 0 Å². The Morgan fingerprint density at radius 1 is 1.42 bits per heavy atom. The normalized spacial score (nSPS) is 8.75. The summed E-state index contributed by atoms with van der Waals surface area (Å²) in [6.45, 7) is 5.08. The minimum Gasteiger partial charge on any atom is -0.247 e. The van der Waals surface area contributed by atoms with Crippen molar-refractivity contribution in [1.82, 2.24) is 0 Å². The van der Waals surface area contributed by atoms with Crippen LogP contribution in [0.3, 0.4) is 0 Å². The van der Waals surface area contributed by atoms with Crippen molar-refractivity contribution in [2.75, 3.05) is 0 Å². The van der Waals surface area contributed by atoms with E-state index in [2.05, 4.69) is 16.4 Å². The summed E-state index contributed by atoms with van der Waals surface area (Å²) >= 11 is 0. The third kappa shape index (κ3) is 5.46. The van der Waals surface area contributed by atoms with E-state index in [4.69, 9.17) is 0 Å². The largest absolute Gasteiger partial charge is 0.378 e. The van der Waals surface area contributed by atoms with Crippen LogP contribution in [0.5, 0.6) is 0 Å². The molecule has 0 aromatic carbocycles. The molecule has 0 unspecified atom stereocenters. The van der Waals surface area contributed by atoms with Gasteiger partial charge in [-0.1, -0.05) is 19.9 Å². The van der Waals surface area contributed by atoms with Gasteiger partial charge >= 0.3 is 11.9 Å². The lowest BCUT2D eigenvalue weighted by Crippen LogP contribution is -2.08. The molecule has 0 aliphatic rings. The average molecular weight is 172 g/mol. The van der Waals surface area contributed by atoms with E-state index in [1.54, 1.807) is 0 Å². The quantitative estimate of drug-likeness (QED) is 0.365. The fourth-order valence-corrected chi connectivity index (χ4v) is 0.484. The van der Waals surface area contributed by atoms with Crippen LogP contribution in [0.1, 0.15) is 26.2 Å². The van der Waals surface area contributed by atoms with Gasteiger partial charge in [0.15, 0.2) is 0 Å². The highest BCUT2D eigenvalue weighted by atomic mass is 17.2. The van der Waals surface area contributed by atoms with E-state index >= 15 is 0 Å². The fraction of sp³-hybridized carbons (Fsp3) is 0.500. The van der Waals surface area contributed by atoms with Gasteiger partial charge in [-0.2, -0.15) is 0 Å². The third-order valence-corrected chi connectivity index (χ3v) is 1.12. The molecule has 0 rings (SSSR count). The first-order valence-corrected chi connectivity index (χ1v) is 3.74. The molecular weight excluding hydrogens is 160 g/mol. The van der Waals surface area contributed by atoms with Gasteiger partial charge in [-0.15, -0.1) is 0 Å². The van der Waals surface area contributed by atoms with Crippen LogP contribution in [0, 0.1) is 0 Å². The summed E-state index contributed by atoms with van der Waals surface area (Å²) < 4.78 is 0. The Hall–Kier alpha value is -1.32. The highest BCUT2D eigenvalue weighted by Crippen LogP contribution is 1.96. The van der Waals surface area contributed by atoms with Crippen molar-refractivity contribution in [2.45, 2.75) is 26.2 Å². The van der Waals surface area contributed by atoms with E-state index in [0.717, 1.165) is 18.9 Å². The van der Waals surface area contributed by atoms with E-state index in [-0.39, 0.29) is 6.42 Å². The maximum absolute atomic E-state index is 10.7. The number of carbonyl (C=O) groups excluding carboxylic acids is 2. The summed E-state index contributed by atoms with van der Waals surface area (Å²) in [6, 6.07) is 0. The average Bonchev–Trinajstić information content (AvgIpc) is 2.10. The maximum atomic E-state index is 10.7. The minimum absolute atomic E-state index is 0.265. The van der Waals surface area contributed by atoms with Crippen molar-refractivity contribution in [3.8, 4) is 0 Å². The van der Waals surface area contributed by atoms with Gasteiger partial charge in [0.05, 0.1) is 6.42 Å². The van der Waals surface area contributed by atoms with Crippen molar-refractivity contribution >= 4 is 11.9 Å². The lowest BCUT2D eigenvalue weighted by molar-refractivity contribution is -0.254. The molecule has 0 heterocycles. The highest BCUT2D eigenvalue weighted by molar-refractivity contribution is 5.81. The van der Waals surface area contributed by atoms with Gasteiger partial charge in [-0.25, -0.2) is 19.4 Å². The molecule has 0 bridgehead atoms. The molecule has 0 aromatic heterocycles. The number of carbonyl (C=O) groups is 2. The van der Waals surface area contributed by atoms with Crippen molar-refractivity contribution in [3.05, 3.63) is 12.7 Å². The Morgan fingerprint density at radius 2 is 2.08 bits per heavy atom. The monoisotopic (exact) mass is 172 g/mol. The molecule has 0 atom stereocenters. The minimum atomic E-state index is -0.764. The number of hydrogen-bond donors (Lipinski definition) is 0. The summed E-state index contributed by atoms with van der Waals surface area (Å²) in [6.07, 6.45) is 2.81. The van der Waals surface area contributed by atoms with Crippen LogP contribution >= 0.6 is 0 Å². The van der Waals surface area contributed by atoms with Gasteiger partial charge in [0, 0.05) is 6.08 Å². The summed E-state index contributed by atoms with van der Waals surface area (Å²) in [4.78, 5) is 29.2. The van der Waals surface area contributed by atoms with Crippen molar-refractivity contribution in [1.29, 1.82) is 0 Å². The van der Waals surface area contributed by atoms with E-state index in [9.17, 15) is 9.59 Å². The Balaban J connectivity index is 3.43. The zero-order valence-corrected chi connectivity index (χ0v) is 7.04. The SMILES string of the molecule is C=CC(=O)OOC(=O)CCCC. The molecule has 0 N–H and O–H groups in total. The van der Waals surface area contributed by atoms with Crippen LogP contribution in [0.15, 0.2) is 12.7 Å². The zero-order valence-electron chi connectivity index (χ0n) is 7.04. The van der Waals surface area contributed by atoms with Gasteiger partial charge in [0.2, 0.25) is 0 Å². The molecule has 0 spiro atoms. The van der Waals surface area contributed by atoms with E-state index in [1.165, 1.54) is 0 Å². The molecule has 12 heavy (non-hydrogen) atoms. The first kappa shape index (κ1) is 10.7. The van der Waals surface area contributed by atoms with E-state index < -0.39 is 11.9 Å². The van der Waals surface area contributed by atoms with Gasteiger partial charge in [0.25, 0.3) is 0 Å². The second-order valence-electron chi connectivity index (χ2n) is 2.17. The molecule has 0 aliphatic carbocycles. The van der Waals surface area contributed by atoms with Crippen LogP contribution in [0.25, 0.3) is 0 Å². The molecule has 4 heteroatoms. The predicted octanol–water partition coefficient (Wildman–Crippen LogP) is 1.36. The van der Waals surface area contributed by atoms with Crippen LogP contribution in [0.4, 0.5) is 0 Å². The Labute approximate surface area is 71.1 Å². The maximum Gasteiger partial charge on any atom is 0.378 e. The lowest BCUT2D eigenvalue weighted by Gasteiger charge is -1.98. The number of rotatable bonds is 4. The molecular formula is C8H12O4. The molecule has 0 aromatic rings. The molecule has 0 radical (unpaired) electrons. The fourth-order valence-electron chi connectivity index (χ4n) is 0.484. The predicted molar refractivity (Wildman–Crippen MR) is 41.9 cm³/mol. The van der Waals surface area contributed by atoms with E-state index in [1.807, 2.05) is 6.92 Å². The zero-order chi connectivity index (χ0) is 9.40. The van der Waals surface area contributed by atoms with Crippen molar-refractivity contribution in [3.63, 3.8) is 0 Å². The first-order chi connectivity index (χ1) is 5.70. The van der Waals surface area contributed by atoms with Gasteiger partial charge in [-0.05, 0) is 6.42 Å². The molecule has 68 valence electrons. The van der Waals surface area contributed by atoms with Crippen LogP contribution in [0.2, 0.25) is 0 Å². The van der Waals surface area contributed by atoms with Crippen LogP contribution in [-0.4, -0.2) is 11.9 Å². The lowest BCUT2D eigenvalue weighted by atomic mass is 10.3. The van der Waals surface area contributed by atoms with Gasteiger partial charge in [-0.3, -0.25) is 0 Å². The standard InChI is InChI=1S/C8H12O4/c1-3-5-6-8(10)12-11-7(9)4-2/h4H,2-3,5-6H2,1H3. The summed E-state index contributed by atoms with van der Waals surface area (Å²) in [5.41, 5.74) is 0. The second kappa shape index (κ2) is 6.39. The second-order valence-corrected chi connectivity index (χ2v) is 2.17. The molecule has 0 saturated heterocycles.